The van der Waals surface area contributed by atoms with E-state index >= 15 is 0 Å². The van der Waals surface area contributed by atoms with E-state index in [9.17, 15) is 0 Å². The average Bonchev–Trinajstić information content (AvgIpc) is 3.20. The molecule has 1 N–H and O–H groups in total. The quantitative estimate of drug-likeness (QED) is 0.324. The highest BCUT2D eigenvalue weighted by molar-refractivity contribution is 6.18. The van der Waals surface area contributed by atoms with Crippen LogP contribution in [-0.2, 0) is 0 Å². The van der Waals surface area contributed by atoms with Gasteiger partial charge >= 0.3 is 0 Å². The summed E-state index contributed by atoms with van der Waals surface area (Å²) in [6.45, 7) is 0. The third-order valence-corrected chi connectivity index (χ3v) is 5.12. The van der Waals surface area contributed by atoms with Crippen LogP contribution in [0, 0.1) is 0 Å². The lowest BCUT2D eigenvalue weighted by Crippen LogP contribution is -1.78. The Kier molecular flexibility index (Phi) is 4.51. The van der Waals surface area contributed by atoms with Gasteiger partial charge in [-0.2, -0.15) is 0 Å². The minimum absolute atomic E-state index is 1.07. The number of fused-ring (bicyclic) bond motifs is 5. The largest absolute Gasteiger partial charge is 0.354 e. The van der Waals surface area contributed by atoms with E-state index < -0.39 is 0 Å². The highest BCUT2D eigenvalue weighted by atomic mass is 14.7. The van der Waals surface area contributed by atoms with E-state index in [2.05, 4.69) is 94.9 Å². The number of hydrogen-bond acceptors (Lipinski definition) is 1. The molecule has 0 amide bonds. The Morgan fingerprint density at radius 3 is 1.90 bits per heavy atom. The van der Waals surface area contributed by atoms with E-state index in [0.717, 1.165) is 11.0 Å². The molecule has 0 fully saturated rings. The molecule has 0 radical (unpaired) electrons. The predicted molar refractivity (Wildman–Crippen MR) is 123 cm³/mol. The van der Waals surface area contributed by atoms with Crippen molar-refractivity contribution in [2.75, 3.05) is 0 Å². The van der Waals surface area contributed by atoms with E-state index in [1.807, 2.05) is 30.5 Å². The molecule has 0 aliphatic carbocycles. The maximum Gasteiger partial charge on any atom is 0.0801 e. The fourth-order valence-corrected chi connectivity index (χ4v) is 3.74. The monoisotopic (exact) mass is 372 g/mol. The van der Waals surface area contributed by atoms with Crippen molar-refractivity contribution in [3.63, 3.8) is 0 Å². The molecule has 0 aliphatic rings. The third kappa shape index (κ3) is 3.37. The number of rotatable bonds is 1. The molecule has 0 atom stereocenters. The van der Waals surface area contributed by atoms with Crippen molar-refractivity contribution in [2.24, 2.45) is 0 Å². The molecule has 0 saturated carbocycles. The topological polar surface area (TPSA) is 28.7 Å². The van der Waals surface area contributed by atoms with Crippen LogP contribution in [0.25, 0.3) is 43.8 Å². The second-order valence-electron chi connectivity index (χ2n) is 6.97. The molecule has 6 rings (SSSR count). The molecule has 6 aromatic rings. The Labute approximate surface area is 169 Å². The van der Waals surface area contributed by atoms with Gasteiger partial charge in [-0.05, 0) is 29.3 Å². The highest BCUT2D eigenvalue weighted by Gasteiger charge is 2.07. The fraction of sp³-hybridized carbons (Fsp3) is 0. The van der Waals surface area contributed by atoms with E-state index in [4.69, 9.17) is 0 Å². The molecule has 2 heterocycles. The van der Waals surface area contributed by atoms with Gasteiger partial charge in [-0.15, -0.1) is 0 Å². The van der Waals surface area contributed by atoms with Crippen LogP contribution < -0.4 is 0 Å². The standard InChI is InChI=1S/C15H10N2.C12H10/c1-2-6-12-11(5-1)14-13(17-12)8-7-10-4-3-9-16-15(10)14;1-3-7-11(8-4-1)12-9-5-2-6-10-12/h1-9,17H;1-10H. The maximum atomic E-state index is 4.51. The lowest BCUT2D eigenvalue weighted by atomic mass is 10.1. The van der Waals surface area contributed by atoms with Crippen LogP contribution >= 0.6 is 0 Å². The van der Waals surface area contributed by atoms with Crippen molar-refractivity contribution < 1.29 is 0 Å². The summed E-state index contributed by atoms with van der Waals surface area (Å²) >= 11 is 0. The van der Waals surface area contributed by atoms with E-state index in [0.29, 0.717) is 0 Å². The summed E-state index contributed by atoms with van der Waals surface area (Å²) in [6.07, 6.45) is 1.85. The normalized spacial score (nSPS) is 10.8. The molecule has 0 unspecified atom stereocenters. The van der Waals surface area contributed by atoms with Gasteiger partial charge in [-0.1, -0.05) is 91.0 Å². The summed E-state index contributed by atoms with van der Waals surface area (Å²) in [7, 11) is 0. The first-order valence-corrected chi connectivity index (χ1v) is 9.75. The lowest BCUT2D eigenvalue weighted by Gasteiger charge is -1.98. The minimum Gasteiger partial charge on any atom is -0.354 e. The summed E-state index contributed by atoms with van der Waals surface area (Å²) < 4.78 is 0. The van der Waals surface area contributed by atoms with Gasteiger partial charge in [0.05, 0.1) is 5.52 Å². The van der Waals surface area contributed by atoms with Gasteiger partial charge in [0.1, 0.15) is 0 Å². The van der Waals surface area contributed by atoms with Crippen LogP contribution in [0.1, 0.15) is 0 Å². The van der Waals surface area contributed by atoms with E-state index in [1.54, 1.807) is 0 Å². The molecule has 138 valence electrons. The molecular weight excluding hydrogens is 352 g/mol. The van der Waals surface area contributed by atoms with Crippen LogP contribution in [0.4, 0.5) is 0 Å². The first-order valence-electron chi connectivity index (χ1n) is 9.75. The number of pyridine rings is 1. The van der Waals surface area contributed by atoms with Gasteiger partial charge < -0.3 is 4.98 Å². The molecule has 29 heavy (non-hydrogen) atoms. The Hall–Kier alpha value is -3.91. The minimum atomic E-state index is 1.07. The Morgan fingerprint density at radius 2 is 1.17 bits per heavy atom. The molecule has 0 saturated heterocycles. The Bertz CT molecular complexity index is 1340. The zero-order valence-corrected chi connectivity index (χ0v) is 15.9. The molecule has 2 aromatic heterocycles. The molecule has 4 aromatic carbocycles. The lowest BCUT2D eigenvalue weighted by molar-refractivity contribution is 1.43. The number of hydrogen-bond donors (Lipinski definition) is 1. The molecule has 0 aliphatic heterocycles. The van der Waals surface area contributed by atoms with Crippen LogP contribution in [-0.4, -0.2) is 9.97 Å². The number of aromatic amines is 1. The summed E-state index contributed by atoms with van der Waals surface area (Å²) in [5.74, 6) is 0. The second-order valence-corrected chi connectivity index (χ2v) is 6.97. The van der Waals surface area contributed by atoms with Gasteiger partial charge in [-0.25, -0.2) is 0 Å². The second kappa shape index (κ2) is 7.61. The van der Waals surface area contributed by atoms with Crippen molar-refractivity contribution in [2.45, 2.75) is 0 Å². The maximum absolute atomic E-state index is 4.51. The Balaban J connectivity index is 0.000000134. The number of aromatic nitrogens is 2. The summed E-state index contributed by atoms with van der Waals surface area (Å²) in [6, 6.07) is 37.5. The average molecular weight is 372 g/mol. The van der Waals surface area contributed by atoms with Crippen LogP contribution in [0.2, 0.25) is 0 Å². The SMILES string of the molecule is c1ccc(-c2ccccc2)cc1.c1cnc2c(c1)ccc1[nH]c3ccccc3c12. The molecule has 0 bridgehead atoms. The van der Waals surface area contributed by atoms with Crippen molar-refractivity contribution in [3.05, 3.63) is 115 Å². The molecule has 2 heteroatoms. The Morgan fingerprint density at radius 1 is 0.517 bits per heavy atom. The molecule has 0 spiro atoms. The van der Waals surface area contributed by atoms with Gasteiger partial charge in [0.15, 0.2) is 0 Å². The van der Waals surface area contributed by atoms with Gasteiger partial charge in [0.2, 0.25) is 0 Å². The zero-order valence-electron chi connectivity index (χ0n) is 15.9. The number of nitrogens with one attached hydrogen (secondary N) is 1. The van der Waals surface area contributed by atoms with Gasteiger partial charge in [0.25, 0.3) is 0 Å². The molecule has 2 nitrogen and oxygen atoms in total. The molecular formula is C27H20N2. The fourth-order valence-electron chi connectivity index (χ4n) is 3.74. The van der Waals surface area contributed by atoms with Crippen molar-refractivity contribution in [1.82, 2.24) is 9.97 Å². The van der Waals surface area contributed by atoms with Crippen molar-refractivity contribution in [3.8, 4) is 11.1 Å². The smallest absolute Gasteiger partial charge is 0.0801 e. The van der Waals surface area contributed by atoms with Crippen LogP contribution in [0.15, 0.2) is 115 Å². The van der Waals surface area contributed by atoms with Crippen molar-refractivity contribution >= 4 is 32.7 Å². The first kappa shape index (κ1) is 17.2. The summed E-state index contributed by atoms with van der Waals surface area (Å²) in [5.41, 5.74) is 5.94. The number of H-pyrrole nitrogens is 1. The number of para-hydroxylation sites is 1. The summed E-state index contributed by atoms with van der Waals surface area (Å²) in [4.78, 5) is 7.94. The predicted octanol–water partition coefficient (Wildman–Crippen LogP) is 7.22. The number of nitrogens with zero attached hydrogens (tertiary/aromatic N) is 1. The van der Waals surface area contributed by atoms with Crippen molar-refractivity contribution in [1.29, 1.82) is 0 Å². The summed E-state index contributed by atoms with van der Waals surface area (Å²) in [5, 5.41) is 3.65. The highest BCUT2D eigenvalue weighted by Crippen LogP contribution is 2.30. The first-order chi connectivity index (χ1) is 14.4. The van der Waals surface area contributed by atoms with E-state index in [-0.39, 0.29) is 0 Å². The van der Waals surface area contributed by atoms with Crippen LogP contribution in [0.3, 0.4) is 0 Å². The zero-order chi connectivity index (χ0) is 19.5. The number of benzene rings is 4. The third-order valence-electron chi connectivity index (χ3n) is 5.12. The van der Waals surface area contributed by atoms with E-state index in [1.165, 1.54) is 32.8 Å². The van der Waals surface area contributed by atoms with Gasteiger partial charge in [-0.3, -0.25) is 4.98 Å². The van der Waals surface area contributed by atoms with Gasteiger partial charge in [0, 0.05) is 33.4 Å². The van der Waals surface area contributed by atoms with Crippen LogP contribution in [0.5, 0.6) is 0 Å².